The number of aromatic nitrogens is 1. The maximum atomic E-state index is 14.0. The summed E-state index contributed by atoms with van der Waals surface area (Å²) >= 11 is 6.21. The van der Waals surface area contributed by atoms with E-state index >= 15 is 0 Å². The van der Waals surface area contributed by atoms with Crippen molar-refractivity contribution >= 4 is 34.3 Å². The third-order valence-corrected chi connectivity index (χ3v) is 6.97. The second kappa shape index (κ2) is 10.8. The highest BCUT2D eigenvalue weighted by atomic mass is 35.5. The van der Waals surface area contributed by atoms with Gasteiger partial charge in [-0.2, -0.15) is 0 Å². The van der Waals surface area contributed by atoms with E-state index in [-0.39, 0.29) is 17.9 Å². The van der Waals surface area contributed by atoms with Crippen molar-refractivity contribution in [3.8, 4) is 17.2 Å². The number of rotatable bonds is 8. The summed E-state index contributed by atoms with van der Waals surface area (Å²) in [6.45, 7) is 0.0541. The number of aliphatic hydroxyl groups is 1. The van der Waals surface area contributed by atoms with E-state index in [0.29, 0.717) is 44.5 Å². The Morgan fingerprint density at radius 1 is 1.00 bits per heavy atom. The number of methoxy groups -OCH3 is 1. The third-order valence-electron chi connectivity index (χ3n) is 6.75. The van der Waals surface area contributed by atoms with Crippen molar-refractivity contribution in [3.63, 3.8) is 0 Å². The van der Waals surface area contributed by atoms with Crippen LogP contribution in [0.3, 0.4) is 0 Å². The number of halogens is 1. The molecule has 1 unspecified atom stereocenters. The molecular weight excluding hydrogens is 544 g/mol. The lowest BCUT2D eigenvalue weighted by Crippen LogP contribution is -2.31. The van der Waals surface area contributed by atoms with E-state index in [1.54, 1.807) is 60.8 Å². The zero-order valence-corrected chi connectivity index (χ0v) is 22.5. The Hall–Kier alpha value is -5.08. The molecule has 0 spiro atoms. The second-order valence-corrected chi connectivity index (χ2v) is 9.81. The van der Waals surface area contributed by atoms with Gasteiger partial charge < -0.3 is 23.9 Å². The molecule has 0 saturated carbocycles. The number of nitrogens with zero attached hydrogens (tertiary/aromatic N) is 2. The molecule has 6 rings (SSSR count). The number of fused-ring (bicyclic) bond motifs is 1. The molecule has 0 saturated heterocycles. The molecule has 1 N–H and O–H groups in total. The monoisotopic (exact) mass is 566 g/mol. The van der Waals surface area contributed by atoms with Crippen LogP contribution >= 0.6 is 11.6 Å². The SMILES string of the molecule is COc1cc(Cl)cc2cc(C(=O)C3=C(O)C(=O)N(Cc4ccccn4)C3c3cccc(Oc4ccccc4)c3)oc12. The molecule has 9 heteroatoms. The molecule has 0 radical (unpaired) electrons. The van der Waals surface area contributed by atoms with E-state index in [1.807, 2.05) is 30.3 Å². The van der Waals surface area contributed by atoms with Crippen LogP contribution in [-0.4, -0.2) is 33.8 Å². The number of hydrogen-bond donors (Lipinski definition) is 1. The van der Waals surface area contributed by atoms with Crippen LogP contribution in [0.1, 0.15) is 27.9 Å². The lowest BCUT2D eigenvalue weighted by Gasteiger charge is -2.26. The van der Waals surface area contributed by atoms with Crippen LogP contribution in [0, 0.1) is 0 Å². The zero-order valence-electron chi connectivity index (χ0n) is 21.8. The number of furan rings is 1. The summed E-state index contributed by atoms with van der Waals surface area (Å²) < 4.78 is 17.3. The van der Waals surface area contributed by atoms with Crippen LogP contribution in [0.5, 0.6) is 17.2 Å². The van der Waals surface area contributed by atoms with Crippen molar-refractivity contribution in [1.29, 1.82) is 0 Å². The van der Waals surface area contributed by atoms with Gasteiger partial charge in [0, 0.05) is 22.7 Å². The van der Waals surface area contributed by atoms with Crippen molar-refractivity contribution in [1.82, 2.24) is 9.88 Å². The Kier molecular flexibility index (Phi) is 6.91. The standard InChI is InChI=1S/C32H23ClN2O6/c1-39-26-17-21(33)14-20-16-25(41-31(20)26)29(36)27-28(35(32(38)30(27)37)18-22-9-5-6-13-34-22)19-8-7-12-24(15-19)40-23-10-3-2-4-11-23/h2-17,28,37H,18H2,1H3. The molecule has 1 aliphatic rings. The average molecular weight is 567 g/mol. The number of ketones is 1. The molecule has 5 aromatic rings. The normalized spacial score (nSPS) is 15.0. The maximum absolute atomic E-state index is 14.0. The van der Waals surface area contributed by atoms with E-state index in [2.05, 4.69) is 4.98 Å². The van der Waals surface area contributed by atoms with E-state index in [4.69, 9.17) is 25.5 Å². The van der Waals surface area contributed by atoms with Crippen molar-refractivity contribution < 1.29 is 28.6 Å². The van der Waals surface area contributed by atoms with Gasteiger partial charge in [-0.1, -0.05) is 48.0 Å². The highest BCUT2D eigenvalue weighted by molar-refractivity contribution is 6.31. The Balaban J connectivity index is 1.44. The van der Waals surface area contributed by atoms with Crippen LogP contribution < -0.4 is 9.47 Å². The number of pyridine rings is 1. The molecule has 8 nitrogen and oxygen atoms in total. The van der Waals surface area contributed by atoms with Gasteiger partial charge in [-0.3, -0.25) is 14.6 Å². The van der Waals surface area contributed by atoms with Crippen LogP contribution in [0.4, 0.5) is 0 Å². The summed E-state index contributed by atoms with van der Waals surface area (Å²) in [6.07, 6.45) is 1.62. The number of amides is 1. The summed E-state index contributed by atoms with van der Waals surface area (Å²) in [4.78, 5) is 33.2. The van der Waals surface area contributed by atoms with Crippen LogP contribution in [-0.2, 0) is 11.3 Å². The number of para-hydroxylation sites is 1. The van der Waals surface area contributed by atoms with Gasteiger partial charge in [0.2, 0.25) is 5.78 Å². The van der Waals surface area contributed by atoms with Gasteiger partial charge in [0.1, 0.15) is 11.5 Å². The summed E-state index contributed by atoms with van der Waals surface area (Å²) in [5, 5.41) is 12.1. The van der Waals surface area contributed by atoms with Crippen molar-refractivity contribution in [2.75, 3.05) is 7.11 Å². The average Bonchev–Trinajstić information content (AvgIpc) is 3.52. The smallest absolute Gasteiger partial charge is 0.290 e. The first-order chi connectivity index (χ1) is 19.9. The molecule has 3 aromatic carbocycles. The van der Waals surface area contributed by atoms with Gasteiger partial charge in [-0.15, -0.1) is 0 Å². The minimum absolute atomic E-state index is 0.0541. The molecule has 0 bridgehead atoms. The van der Waals surface area contributed by atoms with E-state index in [1.165, 1.54) is 18.1 Å². The number of ether oxygens (including phenoxy) is 2. The highest BCUT2D eigenvalue weighted by Gasteiger charge is 2.45. The number of carbonyl (C=O) groups excluding carboxylic acids is 2. The molecule has 1 amide bonds. The molecule has 204 valence electrons. The van der Waals surface area contributed by atoms with Crippen LogP contribution in [0.2, 0.25) is 5.02 Å². The van der Waals surface area contributed by atoms with E-state index < -0.39 is 23.5 Å². The summed E-state index contributed by atoms with van der Waals surface area (Å²) in [6, 6.07) is 25.4. The van der Waals surface area contributed by atoms with Crippen LogP contribution in [0.25, 0.3) is 11.0 Å². The molecule has 0 fully saturated rings. The predicted molar refractivity (Wildman–Crippen MR) is 152 cm³/mol. The van der Waals surface area contributed by atoms with Crippen molar-refractivity contribution in [2.24, 2.45) is 0 Å². The molecule has 0 aliphatic carbocycles. The van der Waals surface area contributed by atoms with Crippen molar-refractivity contribution in [2.45, 2.75) is 12.6 Å². The molecule has 3 heterocycles. The highest BCUT2D eigenvalue weighted by Crippen LogP contribution is 2.42. The number of Topliss-reactive ketones (excluding diaryl/α,β-unsaturated/α-hetero) is 1. The molecule has 2 aromatic heterocycles. The Morgan fingerprint density at radius 3 is 2.54 bits per heavy atom. The lowest BCUT2D eigenvalue weighted by atomic mass is 9.94. The quantitative estimate of drug-likeness (QED) is 0.201. The molecule has 1 atom stereocenters. The predicted octanol–water partition coefficient (Wildman–Crippen LogP) is 7.06. The van der Waals surface area contributed by atoms with E-state index in [9.17, 15) is 14.7 Å². The lowest BCUT2D eigenvalue weighted by molar-refractivity contribution is -0.130. The maximum Gasteiger partial charge on any atom is 0.290 e. The number of aliphatic hydroxyl groups excluding tert-OH is 1. The van der Waals surface area contributed by atoms with Gasteiger partial charge in [0.25, 0.3) is 5.91 Å². The van der Waals surface area contributed by atoms with Gasteiger partial charge in [-0.25, -0.2) is 0 Å². The first kappa shape index (κ1) is 26.2. The summed E-state index contributed by atoms with van der Waals surface area (Å²) in [5.41, 5.74) is 1.36. The Bertz CT molecular complexity index is 1800. The first-order valence-corrected chi connectivity index (χ1v) is 13.1. The molecule has 41 heavy (non-hydrogen) atoms. The Labute approximate surface area is 240 Å². The van der Waals surface area contributed by atoms with Crippen LogP contribution in [0.15, 0.2) is 113 Å². The molecular formula is C32H23ClN2O6. The zero-order chi connectivity index (χ0) is 28.5. The van der Waals surface area contributed by atoms with Crippen molar-refractivity contribution in [3.05, 3.63) is 131 Å². The summed E-state index contributed by atoms with van der Waals surface area (Å²) in [7, 11) is 1.47. The largest absolute Gasteiger partial charge is 0.503 e. The Morgan fingerprint density at radius 2 is 1.78 bits per heavy atom. The summed E-state index contributed by atoms with van der Waals surface area (Å²) in [5.74, 6) is -0.594. The van der Waals surface area contributed by atoms with Gasteiger partial charge in [0.05, 0.1) is 31.0 Å². The van der Waals surface area contributed by atoms with E-state index in [0.717, 1.165) is 0 Å². The van der Waals surface area contributed by atoms with Gasteiger partial charge in [-0.05, 0) is 54.1 Å². The fourth-order valence-electron chi connectivity index (χ4n) is 4.92. The minimum atomic E-state index is -0.949. The molecule has 1 aliphatic heterocycles. The second-order valence-electron chi connectivity index (χ2n) is 9.37. The topological polar surface area (TPSA) is 102 Å². The number of carbonyl (C=O) groups is 2. The minimum Gasteiger partial charge on any atom is -0.503 e. The number of hydrogen-bond acceptors (Lipinski definition) is 7. The fourth-order valence-corrected chi connectivity index (χ4v) is 5.13. The number of benzene rings is 3. The first-order valence-electron chi connectivity index (χ1n) is 12.7. The van der Waals surface area contributed by atoms with Gasteiger partial charge >= 0.3 is 0 Å². The fraction of sp³-hybridized carbons (Fsp3) is 0.0938. The van der Waals surface area contributed by atoms with Gasteiger partial charge in [0.15, 0.2) is 22.9 Å². The third kappa shape index (κ3) is 5.01.